The highest BCUT2D eigenvalue weighted by Crippen LogP contribution is 2.02. The van der Waals surface area contributed by atoms with Crippen molar-refractivity contribution in [2.75, 3.05) is 13.7 Å². The summed E-state index contributed by atoms with van der Waals surface area (Å²) in [6, 6.07) is 3.54. The van der Waals surface area contributed by atoms with E-state index in [0.29, 0.717) is 18.5 Å². The number of aromatic nitrogens is 2. The molecule has 0 aliphatic heterocycles. The number of nitrogens with one attached hydrogen (secondary N) is 1. The van der Waals surface area contributed by atoms with E-state index in [0.717, 1.165) is 19.4 Å². The molecular formula is C12H21N3O2. The smallest absolute Gasteiger partial charge is 0.266 e. The Morgan fingerprint density at radius 1 is 1.53 bits per heavy atom. The first-order valence-corrected chi connectivity index (χ1v) is 6.03. The number of rotatable bonds is 7. The lowest BCUT2D eigenvalue weighted by Gasteiger charge is -2.12. The average Bonchev–Trinajstić information content (AvgIpc) is 2.32. The highest BCUT2D eigenvalue weighted by atomic mass is 16.5. The molecule has 96 valence electrons. The summed E-state index contributed by atoms with van der Waals surface area (Å²) in [6.07, 6.45) is 1.95. The van der Waals surface area contributed by atoms with E-state index in [9.17, 15) is 4.79 Å². The van der Waals surface area contributed by atoms with Crippen LogP contribution in [0.5, 0.6) is 5.88 Å². The molecule has 0 spiro atoms. The molecule has 0 radical (unpaired) electrons. The third kappa shape index (κ3) is 4.56. The van der Waals surface area contributed by atoms with Crippen LogP contribution in [-0.4, -0.2) is 29.5 Å². The largest absolute Gasteiger partial charge is 0.480 e. The van der Waals surface area contributed by atoms with Crippen LogP contribution in [0.1, 0.15) is 26.7 Å². The van der Waals surface area contributed by atoms with Gasteiger partial charge in [-0.1, -0.05) is 6.92 Å². The molecule has 0 saturated heterocycles. The number of nitrogens with zero attached hydrogens (tertiary/aromatic N) is 2. The summed E-state index contributed by atoms with van der Waals surface area (Å²) in [4.78, 5) is 11.5. The molecule has 0 aliphatic rings. The Bertz CT molecular complexity index is 390. The maximum Gasteiger partial charge on any atom is 0.266 e. The van der Waals surface area contributed by atoms with E-state index in [-0.39, 0.29) is 5.56 Å². The van der Waals surface area contributed by atoms with E-state index in [1.807, 2.05) is 0 Å². The molecule has 1 unspecified atom stereocenters. The van der Waals surface area contributed by atoms with Gasteiger partial charge in [0.05, 0.1) is 7.11 Å². The Morgan fingerprint density at radius 2 is 2.29 bits per heavy atom. The van der Waals surface area contributed by atoms with Crippen molar-refractivity contribution in [2.24, 2.45) is 0 Å². The van der Waals surface area contributed by atoms with Gasteiger partial charge in [-0.05, 0) is 26.3 Å². The predicted molar refractivity (Wildman–Crippen MR) is 67.4 cm³/mol. The quantitative estimate of drug-likeness (QED) is 0.772. The van der Waals surface area contributed by atoms with Crippen LogP contribution in [-0.2, 0) is 6.54 Å². The summed E-state index contributed by atoms with van der Waals surface area (Å²) in [7, 11) is 1.55. The van der Waals surface area contributed by atoms with Crippen molar-refractivity contribution in [3.05, 3.63) is 22.5 Å². The molecule has 0 saturated carbocycles. The minimum Gasteiger partial charge on any atom is -0.480 e. The van der Waals surface area contributed by atoms with Crippen molar-refractivity contribution in [1.82, 2.24) is 15.1 Å². The molecule has 1 rings (SSSR count). The zero-order chi connectivity index (χ0) is 12.7. The van der Waals surface area contributed by atoms with E-state index >= 15 is 0 Å². The van der Waals surface area contributed by atoms with Crippen LogP contribution in [0, 0.1) is 0 Å². The van der Waals surface area contributed by atoms with E-state index in [2.05, 4.69) is 24.3 Å². The first-order valence-electron chi connectivity index (χ1n) is 6.03. The average molecular weight is 239 g/mol. The molecule has 1 aromatic rings. The molecule has 1 heterocycles. The standard InChI is InChI=1S/C12H21N3O2/c1-4-13-10(2)6-5-9-15-12(16)8-7-11(14-15)17-3/h7-8,10,13H,4-6,9H2,1-3H3. The second-order valence-electron chi connectivity index (χ2n) is 4.04. The van der Waals surface area contributed by atoms with Gasteiger partial charge in [0, 0.05) is 24.7 Å². The second-order valence-corrected chi connectivity index (χ2v) is 4.04. The fraction of sp³-hybridized carbons (Fsp3) is 0.667. The van der Waals surface area contributed by atoms with Gasteiger partial charge in [-0.3, -0.25) is 4.79 Å². The van der Waals surface area contributed by atoms with Crippen LogP contribution in [0.3, 0.4) is 0 Å². The number of ether oxygens (including phenoxy) is 1. The topological polar surface area (TPSA) is 56.1 Å². The molecule has 0 aliphatic carbocycles. The van der Waals surface area contributed by atoms with Gasteiger partial charge in [0.1, 0.15) is 0 Å². The minimum atomic E-state index is -0.0816. The molecule has 5 nitrogen and oxygen atoms in total. The van der Waals surface area contributed by atoms with E-state index in [4.69, 9.17) is 4.74 Å². The van der Waals surface area contributed by atoms with Crippen LogP contribution in [0.2, 0.25) is 0 Å². The minimum absolute atomic E-state index is 0.0816. The van der Waals surface area contributed by atoms with Crippen molar-refractivity contribution < 1.29 is 4.74 Å². The molecule has 0 fully saturated rings. The second kappa shape index (κ2) is 7.06. The molecule has 5 heteroatoms. The van der Waals surface area contributed by atoms with Crippen molar-refractivity contribution in [2.45, 2.75) is 39.3 Å². The summed E-state index contributed by atoms with van der Waals surface area (Å²) >= 11 is 0. The molecular weight excluding hydrogens is 218 g/mol. The van der Waals surface area contributed by atoms with Crippen LogP contribution in [0.25, 0.3) is 0 Å². The van der Waals surface area contributed by atoms with Crippen LogP contribution in [0.15, 0.2) is 16.9 Å². The lowest BCUT2D eigenvalue weighted by molar-refractivity contribution is 0.370. The van der Waals surface area contributed by atoms with Gasteiger partial charge < -0.3 is 10.1 Å². The molecule has 0 bridgehead atoms. The van der Waals surface area contributed by atoms with E-state index in [1.165, 1.54) is 10.7 Å². The Balaban J connectivity index is 2.48. The van der Waals surface area contributed by atoms with Crippen molar-refractivity contribution in [3.8, 4) is 5.88 Å². The SMILES string of the molecule is CCNC(C)CCCn1nc(OC)ccc1=O. The van der Waals surface area contributed by atoms with Gasteiger partial charge in [0.25, 0.3) is 5.56 Å². The number of methoxy groups -OCH3 is 1. The van der Waals surface area contributed by atoms with Gasteiger partial charge in [-0.2, -0.15) is 0 Å². The number of hydrogen-bond donors (Lipinski definition) is 1. The predicted octanol–water partition coefficient (Wildman–Crippen LogP) is 1.03. The summed E-state index contributed by atoms with van der Waals surface area (Å²) in [6.45, 7) is 5.83. The Hall–Kier alpha value is -1.36. The fourth-order valence-corrected chi connectivity index (χ4v) is 1.70. The number of aryl methyl sites for hydroxylation is 1. The first kappa shape index (κ1) is 13.7. The first-order chi connectivity index (χ1) is 8.17. The van der Waals surface area contributed by atoms with Gasteiger partial charge in [0.2, 0.25) is 5.88 Å². The van der Waals surface area contributed by atoms with Crippen molar-refractivity contribution in [3.63, 3.8) is 0 Å². The highest BCUT2D eigenvalue weighted by molar-refractivity contribution is 5.05. The summed E-state index contributed by atoms with van der Waals surface area (Å²) < 4.78 is 6.45. The summed E-state index contributed by atoms with van der Waals surface area (Å²) in [5, 5.41) is 7.43. The van der Waals surface area contributed by atoms with Crippen molar-refractivity contribution in [1.29, 1.82) is 0 Å². The molecule has 1 N–H and O–H groups in total. The van der Waals surface area contributed by atoms with Crippen LogP contribution in [0.4, 0.5) is 0 Å². The maximum absolute atomic E-state index is 11.5. The van der Waals surface area contributed by atoms with E-state index in [1.54, 1.807) is 13.2 Å². The fourth-order valence-electron chi connectivity index (χ4n) is 1.70. The Kier molecular flexibility index (Phi) is 5.69. The lowest BCUT2D eigenvalue weighted by Crippen LogP contribution is -2.27. The molecule has 17 heavy (non-hydrogen) atoms. The molecule has 1 aromatic heterocycles. The Morgan fingerprint density at radius 3 is 2.94 bits per heavy atom. The van der Waals surface area contributed by atoms with Gasteiger partial charge in [0.15, 0.2) is 0 Å². The van der Waals surface area contributed by atoms with E-state index < -0.39 is 0 Å². The van der Waals surface area contributed by atoms with Crippen LogP contribution >= 0.6 is 0 Å². The third-order valence-electron chi connectivity index (χ3n) is 2.61. The normalized spacial score (nSPS) is 12.4. The lowest BCUT2D eigenvalue weighted by atomic mass is 10.2. The molecule has 1 atom stereocenters. The highest BCUT2D eigenvalue weighted by Gasteiger charge is 2.03. The van der Waals surface area contributed by atoms with Crippen molar-refractivity contribution >= 4 is 0 Å². The molecule has 0 amide bonds. The Labute approximate surface area is 102 Å². The zero-order valence-electron chi connectivity index (χ0n) is 10.8. The van der Waals surface area contributed by atoms with Gasteiger partial charge in [-0.15, -0.1) is 5.10 Å². The third-order valence-corrected chi connectivity index (χ3v) is 2.61. The summed E-state index contributed by atoms with van der Waals surface area (Å²) in [5.41, 5.74) is -0.0816. The summed E-state index contributed by atoms with van der Waals surface area (Å²) in [5.74, 6) is 0.476. The van der Waals surface area contributed by atoms with Gasteiger partial charge in [-0.25, -0.2) is 4.68 Å². The number of hydrogen-bond acceptors (Lipinski definition) is 4. The van der Waals surface area contributed by atoms with Gasteiger partial charge >= 0.3 is 0 Å². The molecule has 0 aromatic carbocycles. The van der Waals surface area contributed by atoms with Crippen LogP contribution < -0.4 is 15.6 Å². The monoisotopic (exact) mass is 239 g/mol. The zero-order valence-corrected chi connectivity index (χ0v) is 10.8. The maximum atomic E-state index is 11.5.